The molecule has 0 fully saturated rings. The summed E-state index contributed by atoms with van der Waals surface area (Å²) in [4.78, 5) is 40.5. The highest BCUT2D eigenvalue weighted by atomic mass is 32.1. The normalized spacial score (nSPS) is 11.4. The Kier molecular flexibility index (Phi) is 5.46. The van der Waals surface area contributed by atoms with Gasteiger partial charge in [-0.25, -0.2) is 9.56 Å². The number of thiazole rings is 1. The zero-order chi connectivity index (χ0) is 17.9. The first kappa shape index (κ1) is 17.8. The van der Waals surface area contributed by atoms with E-state index in [4.69, 9.17) is 4.74 Å². The highest BCUT2D eigenvalue weighted by molar-refractivity contribution is 7.09. The van der Waals surface area contributed by atoms with E-state index in [0.29, 0.717) is 22.5 Å². The van der Waals surface area contributed by atoms with Crippen molar-refractivity contribution in [1.29, 1.82) is 0 Å². The van der Waals surface area contributed by atoms with Crippen LogP contribution in [0.15, 0.2) is 29.3 Å². The van der Waals surface area contributed by atoms with Gasteiger partial charge in [0.15, 0.2) is 10.6 Å². The van der Waals surface area contributed by atoms with E-state index in [1.165, 1.54) is 36.7 Å². The van der Waals surface area contributed by atoms with Crippen molar-refractivity contribution in [3.8, 4) is 5.88 Å². The zero-order valence-electron chi connectivity index (χ0n) is 14.0. The Hall–Kier alpha value is -2.54. The van der Waals surface area contributed by atoms with Gasteiger partial charge in [-0.1, -0.05) is 30.4 Å². The maximum atomic E-state index is 12.0. The molecule has 0 spiro atoms. The highest BCUT2D eigenvalue weighted by Crippen LogP contribution is 2.23. The van der Waals surface area contributed by atoms with Crippen LogP contribution in [0.1, 0.15) is 47.7 Å². The number of benzene rings is 1. The van der Waals surface area contributed by atoms with Gasteiger partial charge in [-0.15, -0.1) is 0 Å². The second kappa shape index (κ2) is 7.35. The molecule has 0 radical (unpaired) electrons. The number of ketones is 1. The molecule has 0 amide bonds. The molecule has 6 nitrogen and oxygen atoms in total. The van der Waals surface area contributed by atoms with Gasteiger partial charge < -0.3 is 4.74 Å². The topological polar surface area (TPSA) is 77.7 Å². The second-order valence-electron chi connectivity index (χ2n) is 5.13. The minimum atomic E-state index is -0.498. The monoisotopic (exact) mass is 346 g/mol. The zero-order valence-corrected chi connectivity index (χ0v) is 14.8. The maximum absolute atomic E-state index is 12.0. The molecule has 1 heterocycles. The van der Waals surface area contributed by atoms with Gasteiger partial charge in [0.2, 0.25) is 11.8 Å². The number of nitrogens with zero attached hydrogens (tertiary/aromatic N) is 2. The lowest BCUT2D eigenvalue weighted by Crippen LogP contribution is -2.22. The summed E-state index contributed by atoms with van der Waals surface area (Å²) in [6.07, 6.45) is 0.601. The SMILES string of the molecule is CCc1sc(=Nc2cccc(C(C)=O)c2)n(C(C)=O)c1OC(C)=O. The van der Waals surface area contributed by atoms with Crippen LogP contribution in [0.4, 0.5) is 5.69 Å². The first-order chi connectivity index (χ1) is 11.3. The molecule has 0 aliphatic heterocycles. The third kappa shape index (κ3) is 3.86. The summed E-state index contributed by atoms with van der Waals surface area (Å²) in [5, 5.41) is 0. The lowest BCUT2D eigenvalue weighted by Gasteiger charge is -2.05. The van der Waals surface area contributed by atoms with E-state index in [1.54, 1.807) is 24.3 Å². The van der Waals surface area contributed by atoms with E-state index < -0.39 is 5.97 Å². The van der Waals surface area contributed by atoms with Crippen molar-refractivity contribution in [1.82, 2.24) is 4.57 Å². The molecule has 0 bridgehead atoms. The Balaban J connectivity index is 2.67. The Morgan fingerprint density at radius 3 is 2.46 bits per heavy atom. The molecule has 0 saturated carbocycles. The van der Waals surface area contributed by atoms with Crippen molar-refractivity contribution in [2.45, 2.75) is 34.1 Å². The molecule has 0 N–H and O–H groups in total. The first-order valence-electron chi connectivity index (χ1n) is 7.43. The highest BCUT2D eigenvalue weighted by Gasteiger charge is 2.18. The first-order valence-corrected chi connectivity index (χ1v) is 8.25. The van der Waals surface area contributed by atoms with Gasteiger partial charge in [-0.3, -0.25) is 14.4 Å². The number of aryl methyl sites for hydroxylation is 1. The molecule has 0 aliphatic rings. The van der Waals surface area contributed by atoms with Gasteiger partial charge in [0.25, 0.3) is 0 Å². The van der Waals surface area contributed by atoms with Crippen molar-refractivity contribution in [2.24, 2.45) is 4.99 Å². The quantitative estimate of drug-likeness (QED) is 0.629. The number of esters is 1. The number of carbonyl (C=O) groups is 3. The molecular weight excluding hydrogens is 328 g/mol. The van der Waals surface area contributed by atoms with Crippen LogP contribution in [0.2, 0.25) is 0 Å². The largest absolute Gasteiger partial charge is 0.408 e. The fraction of sp³-hybridized carbons (Fsp3) is 0.294. The molecule has 0 aliphatic carbocycles. The number of ether oxygens (including phenoxy) is 1. The fourth-order valence-electron chi connectivity index (χ4n) is 2.13. The molecule has 126 valence electrons. The van der Waals surface area contributed by atoms with Crippen LogP contribution in [-0.4, -0.2) is 22.2 Å². The lowest BCUT2D eigenvalue weighted by molar-refractivity contribution is -0.132. The predicted octanol–water partition coefficient (Wildman–Crippen LogP) is 3.13. The third-order valence-electron chi connectivity index (χ3n) is 3.20. The second-order valence-corrected chi connectivity index (χ2v) is 6.19. The van der Waals surface area contributed by atoms with Crippen molar-refractivity contribution < 1.29 is 19.1 Å². The molecule has 1 aromatic carbocycles. The number of rotatable bonds is 4. The van der Waals surface area contributed by atoms with Crippen LogP contribution in [0.25, 0.3) is 0 Å². The summed E-state index contributed by atoms with van der Waals surface area (Å²) in [5.74, 6) is -0.650. The van der Waals surface area contributed by atoms with E-state index in [2.05, 4.69) is 4.99 Å². The van der Waals surface area contributed by atoms with Gasteiger partial charge >= 0.3 is 5.97 Å². The van der Waals surface area contributed by atoms with E-state index >= 15 is 0 Å². The summed E-state index contributed by atoms with van der Waals surface area (Å²) >= 11 is 1.28. The van der Waals surface area contributed by atoms with Crippen LogP contribution in [-0.2, 0) is 11.2 Å². The summed E-state index contributed by atoms with van der Waals surface area (Å²) in [5.41, 5.74) is 1.09. The molecule has 2 aromatic rings. The summed E-state index contributed by atoms with van der Waals surface area (Å²) in [6, 6.07) is 6.84. The van der Waals surface area contributed by atoms with Crippen LogP contribution in [0.3, 0.4) is 0 Å². The molecule has 7 heteroatoms. The average molecular weight is 346 g/mol. The number of hydrogen-bond donors (Lipinski definition) is 0. The van der Waals surface area contributed by atoms with Crippen molar-refractivity contribution in [2.75, 3.05) is 0 Å². The predicted molar refractivity (Wildman–Crippen MR) is 91.0 cm³/mol. The van der Waals surface area contributed by atoms with Crippen LogP contribution in [0.5, 0.6) is 5.88 Å². The number of carbonyl (C=O) groups excluding carboxylic acids is 3. The third-order valence-corrected chi connectivity index (χ3v) is 4.37. The molecule has 0 unspecified atom stereocenters. The number of aromatic nitrogens is 1. The Bertz CT molecular complexity index is 877. The van der Waals surface area contributed by atoms with Gasteiger partial charge in [0, 0.05) is 19.4 Å². The molecule has 2 rings (SSSR count). The lowest BCUT2D eigenvalue weighted by atomic mass is 10.1. The van der Waals surface area contributed by atoms with Gasteiger partial charge in [-0.2, -0.15) is 0 Å². The smallest absolute Gasteiger partial charge is 0.309 e. The van der Waals surface area contributed by atoms with E-state index in [9.17, 15) is 14.4 Å². The molecular formula is C17H18N2O4S. The Labute approximate surface area is 143 Å². The molecule has 1 aromatic heterocycles. The van der Waals surface area contributed by atoms with E-state index in [-0.39, 0.29) is 17.6 Å². The average Bonchev–Trinajstić information content (AvgIpc) is 2.84. The standard InChI is InChI=1S/C17H18N2O4S/c1-5-15-16(23-12(4)22)19(11(3)21)17(24-15)18-14-8-6-7-13(9-14)10(2)20/h6-9H,5H2,1-4H3. The summed E-state index contributed by atoms with van der Waals surface area (Å²) < 4.78 is 6.49. The fourth-order valence-corrected chi connectivity index (χ4v) is 3.17. The Morgan fingerprint density at radius 1 is 1.21 bits per heavy atom. The minimum absolute atomic E-state index is 0.0625. The summed E-state index contributed by atoms with van der Waals surface area (Å²) in [7, 11) is 0. The van der Waals surface area contributed by atoms with Crippen molar-refractivity contribution in [3.63, 3.8) is 0 Å². The van der Waals surface area contributed by atoms with Crippen LogP contribution in [0, 0.1) is 0 Å². The molecule has 24 heavy (non-hydrogen) atoms. The Morgan fingerprint density at radius 2 is 1.92 bits per heavy atom. The summed E-state index contributed by atoms with van der Waals surface area (Å²) in [6.45, 7) is 6.05. The van der Waals surface area contributed by atoms with Gasteiger partial charge in [0.1, 0.15) is 0 Å². The van der Waals surface area contributed by atoms with Crippen LogP contribution >= 0.6 is 11.3 Å². The van der Waals surface area contributed by atoms with Crippen LogP contribution < -0.4 is 9.54 Å². The van der Waals surface area contributed by atoms with E-state index in [1.807, 2.05) is 6.92 Å². The maximum Gasteiger partial charge on any atom is 0.309 e. The van der Waals surface area contributed by atoms with Crippen molar-refractivity contribution >= 4 is 34.7 Å². The van der Waals surface area contributed by atoms with Gasteiger partial charge in [-0.05, 0) is 25.5 Å². The number of hydrogen-bond acceptors (Lipinski definition) is 6. The molecule has 0 saturated heterocycles. The van der Waals surface area contributed by atoms with Gasteiger partial charge in [0.05, 0.1) is 10.6 Å². The minimum Gasteiger partial charge on any atom is -0.408 e. The van der Waals surface area contributed by atoms with E-state index in [0.717, 1.165) is 4.88 Å². The van der Waals surface area contributed by atoms with Crippen molar-refractivity contribution in [3.05, 3.63) is 39.5 Å². The number of Topliss-reactive ketones (excluding diaryl/α,β-unsaturated/α-hetero) is 1. The molecule has 0 atom stereocenters.